The van der Waals surface area contributed by atoms with E-state index in [2.05, 4.69) is 21.2 Å². The molecular weight excluding hydrogens is 284 g/mol. The molecule has 1 aromatic rings. The highest BCUT2D eigenvalue weighted by Gasteiger charge is 2.41. The maximum absolute atomic E-state index is 9.94. The number of halogens is 1. The number of rotatable bonds is 3. The van der Waals surface area contributed by atoms with Crippen LogP contribution in [0.15, 0.2) is 0 Å². The predicted octanol–water partition coefficient (Wildman–Crippen LogP) is -0.792. The highest BCUT2D eigenvalue weighted by Crippen LogP contribution is 2.30. The van der Waals surface area contributed by atoms with Crippen LogP contribution in [0.4, 0.5) is 11.8 Å². The average molecular weight is 299 g/mol. The van der Waals surface area contributed by atoms with E-state index in [-0.39, 0.29) is 29.1 Å². The Morgan fingerprint density at radius 2 is 2.10 bits per heavy atom. The number of nitrogen functional groups attached to an aromatic ring is 1. The number of aliphatic hydroxyl groups excluding tert-OH is 3. The van der Waals surface area contributed by atoms with Gasteiger partial charge < -0.3 is 26.4 Å². The molecule has 1 aromatic heterocycles. The Balaban J connectivity index is 2.25. The molecule has 0 unspecified atom stereocenters. The Bertz CT molecular complexity index is 548. The molecule has 7 nitrogen and oxygen atoms in total. The summed E-state index contributed by atoms with van der Waals surface area (Å²) in [5.74, 6) is 2.11. The maximum atomic E-state index is 9.94. The van der Waals surface area contributed by atoms with Gasteiger partial charge >= 0.3 is 0 Å². The number of hydrogen-bond acceptors (Lipinski definition) is 7. The summed E-state index contributed by atoms with van der Waals surface area (Å²) >= 11 is 5.88. The Morgan fingerprint density at radius 3 is 2.65 bits per heavy atom. The van der Waals surface area contributed by atoms with Crippen LogP contribution in [0, 0.1) is 18.3 Å². The fourth-order valence-corrected chi connectivity index (χ4v) is 2.54. The molecule has 0 amide bonds. The lowest BCUT2D eigenvalue weighted by Gasteiger charge is -2.19. The summed E-state index contributed by atoms with van der Waals surface area (Å²) in [7, 11) is 0. The van der Waals surface area contributed by atoms with Gasteiger partial charge in [0.2, 0.25) is 5.95 Å². The number of nitrogens with zero attached hydrogens (tertiary/aromatic N) is 2. The van der Waals surface area contributed by atoms with Crippen molar-refractivity contribution in [1.29, 1.82) is 0 Å². The lowest BCUT2D eigenvalue weighted by molar-refractivity contribution is 0.00445. The first-order valence-corrected chi connectivity index (χ1v) is 6.38. The monoisotopic (exact) mass is 298 g/mol. The summed E-state index contributed by atoms with van der Waals surface area (Å²) in [5, 5.41) is 31.8. The van der Waals surface area contributed by atoms with Crippen molar-refractivity contribution >= 4 is 23.4 Å². The molecule has 1 fully saturated rings. The SMILES string of the molecule is C#Cc1c(Cl)nc(N)nc1N[C@@H]1C[C@H](CO)[C@@H](O)[C@H]1O. The predicted molar refractivity (Wildman–Crippen MR) is 74.0 cm³/mol. The molecule has 1 aliphatic carbocycles. The first kappa shape index (κ1) is 14.8. The minimum Gasteiger partial charge on any atom is -0.396 e. The summed E-state index contributed by atoms with van der Waals surface area (Å²) < 4.78 is 0. The summed E-state index contributed by atoms with van der Waals surface area (Å²) in [5.41, 5.74) is 5.74. The van der Waals surface area contributed by atoms with Crippen molar-refractivity contribution in [1.82, 2.24) is 9.97 Å². The van der Waals surface area contributed by atoms with E-state index < -0.39 is 24.2 Å². The molecule has 4 atom stereocenters. The zero-order chi connectivity index (χ0) is 14.9. The van der Waals surface area contributed by atoms with Crippen LogP contribution in [-0.4, -0.2) is 50.1 Å². The Hall–Kier alpha value is -1.59. The number of hydrogen-bond donors (Lipinski definition) is 5. The van der Waals surface area contributed by atoms with E-state index in [1.54, 1.807) is 0 Å². The highest BCUT2D eigenvalue weighted by molar-refractivity contribution is 6.31. The van der Waals surface area contributed by atoms with Crippen molar-refractivity contribution in [2.45, 2.75) is 24.7 Å². The van der Waals surface area contributed by atoms with Gasteiger partial charge in [0.15, 0.2) is 5.15 Å². The fraction of sp³-hybridized carbons (Fsp3) is 0.500. The Labute approximate surface area is 120 Å². The van der Waals surface area contributed by atoms with Gasteiger partial charge in [0, 0.05) is 12.5 Å². The van der Waals surface area contributed by atoms with Crippen LogP contribution < -0.4 is 11.1 Å². The number of anilines is 2. The molecule has 0 spiro atoms. The topological polar surface area (TPSA) is 125 Å². The second kappa shape index (κ2) is 5.81. The molecule has 1 aliphatic rings. The number of aromatic nitrogens is 2. The van der Waals surface area contributed by atoms with Crippen LogP contribution in [0.5, 0.6) is 0 Å². The minimum absolute atomic E-state index is 0.0363. The Morgan fingerprint density at radius 1 is 1.40 bits per heavy atom. The smallest absolute Gasteiger partial charge is 0.223 e. The molecule has 2 rings (SSSR count). The molecule has 0 bridgehead atoms. The van der Waals surface area contributed by atoms with Crippen molar-refractivity contribution in [3.63, 3.8) is 0 Å². The molecule has 0 aromatic carbocycles. The molecular formula is C12H15ClN4O3. The van der Waals surface area contributed by atoms with Gasteiger partial charge in [-0.3, -0.25) is 0 Å². The number of nitrogens with one attached hydrogen (secondary N) is 1. The minimum atomic E-state index is -1.05. The van der Waals surface area contributed by atoms with Gasteiger partial charge in [-0.1, -0.05) is 17.5 Å². The van der Waals surface area contributed by atoms with Crippen molar-refractivity contribution in [3.8, 4) is 12.3 Å². The van der Waals surface area contributed by atoms with E-state index in [9.17, 15) is 10.2 Å². The molecule has 6 N–H and O–H groups in total. The lowest BCUT2D eigenvalue weighted by atomic mass is 10.1. The van der Waals surface area contributed by atoms with Crippen molar-refractivity contribution in [2.24, 2.45) is 5.92 Å². The zero-order valence-corrected chi connectivity index (χ0v) is 11.2. The highest BCUT2D eigenvalue weighted by atomic mass is 35.5. The van der Waals surface area contributed by atoms with Crippen molar-refractivity contribution < 1.29 is 15.3 Å². The third kappa shape index (κ3) is 2.64. The fourth-order valence-electron chi connectivity index (χ4n) is 2.31. The first-order valence-electron chi connectivity index (χ1n) is 6.01. The van der Waals surface area contributed by atoms with Gasteiger partial charge in [0.1, 0.15) is 17.5 Å². The molecule has 1 heterocycles. The molecule has 108 valence electrons. The van der Waals surface area contributed by atoms with Crippen LogP contribution in [0.1, 0.15) is 12.0 Å². The van der Waals surface area contributed by atoms with Crippen LogP contribution in [0.2, 0.25) is 5.15 Å². The molecule has 0 aliphatic heterocycles. The Kier molecular flexibility index (Phi) is 4.30. The van der Waals surface area contributed by atoms with Crippen LogP contribution >= 0.6 is 11.6 Å². The van der Waals surface area contributed by atoms with E-state index in [0.717, 1.165) is 0 Å². The van der Waals surface area contributed by atoms with Gasteiger partial charge in [-0.2, -0.15) is 9.97 Å². The zero-order valence-electron chi connectivity index (χ0n) is 10.5. The molecule has 1 saturated carbocycles. The summed E-state index contributed by atoms with van der Waals surface area (Å²) in [4.78, 5) is 7.69. The largest absolute Gasteiger partial charge is 0.396 e. The van der Waals surface area contributed by atoms with Gasteiger partial charge in [-0.15, -0.1) is 6.42 Å². The number of terminal acetylenes is 1. The molecule has 0 radical (unpaired) electrons. The van der Waals surface area contributed by atoms with Crippen LogP contribution in [-0.2, 0) is 0 Å². The summed E-state index contributed by atoms with van der Waals surface area (Å²) in [6.45, 7) is -0.217. The molecule has 8 heteroatoms. The van der Waals surface area contributed by atoms with E-state index in [4.69, 9.17) is 28.9 Å². The quantitative estimate of drug-likeness (QED) is 0.366. The second-order valence-corrected chi connectivity index (χ2v) is 5.01. The van der Waals surface area contributed by atoms with Crippen LogP contribution in [0.25, 0.3) is 0 Å². The van der Waals surface area contributed by atoms with Crippen molar-refractivity contribution in [3.05, 3.63) is 10.7 Å². The maximum Gasteiger partial charge on any atom is 0.223 e. The standard InChI is InChI=1S/C12H15ClN4O3/c1-2-6-10(13)16-12(14)17-11(6)15-7-3-5(4-18)8(19)9(7)20/h1,5,7-9,18-20H,3-4H2,(H3,14,15,16,17)/t5-,7-,8-,9+/m1/s1. The molecule has 20 heavy (non-hydrogen) atoms. The van der Waals surface area contributed by atoms with Crippen molar-refractivity contribution in [2.75, 3.05) is 17.7 Å². The summed E-state index contributed by atoms with van der Waals surface area (Å²) in [6.07, 6.45) is 3.65. The second-order valence-electron chi connectivity index (χ2n) is 4.65. The first-order chi connectivity index (χ1) is 9.47. The number of aliphatic hydroxyl groups is 3. The van der Waals surface area contributed by atoms with E-state index >= 15 is 0 Å². The number of nitrogens with two attached hydrogens (primary N) is 1. The van der Waals surface area contributed by atoms with E-state index in [0.29, 0.717) is 6.42 Å². The van der Waals surface area contributed by atoms with Gasteiger partial charge in [0.05, 0.1) is 12.1 Å². The lowest BCUT2D eigenvalue weighted by Crippen LogP contribution is -2.35. The normalized spacial score (nSPS) is 29.1. The summed E-state index contributed by atoms with van der Waals surface area (Å²) in [6, 6.07) is -0.514. The van der Waals surface area contributed by atoms with E-state index in [1.807, 2.05) is 0 Å². The third-order valence-electron chi connectivity index (χ3n) is 3.38. The molecule has 0 saturated heterocycles. The van der Waals surface area contributed by atoms with Gasteiger partial charge in [-0.25, -0.2) is 0 Å². The average Bonchev–Trinajstić information content (AvgIpc) is 2.66. The third-order valence-corrected chi connectivity index (χ3v) is 3.66. The van der Waals surface area contributed by atoms with Gasteiger partial charge in [-0.05, 0) is 6.42 Å². The van der Waals surface area contributed by atoms with Crippen LogP contribution in [0.3, 0.4) is 0 Å². The van der Waals surface area contributed by atoms with E-state index in [1.165, 1.54) is 0 Å². The van der Waals surface area contributed by atoms with Gasteiger partial charge in [0.25, 0.3) is 0 Å².